The van der Waals surface area contributed by atoms with Gasteiger partial charge in [-0.25, -0.2) is 0 Å². The van der Waals surface area contributed by atoms with Crippen molar-refractivity contribution in [1.82, 2.24) is 4.90 Å². The van der Waals surface area contributed by atoms with Crippen molar-refractivity contribution in [3.63, 3.8) is 0 Å². The first-order valence-electron chi connectivity index (χ1n) is 8.08. The lowest BCUT2D eigenvalue weighted by Crippen LogP contribution is -2.33. The fourth-order valence-corrected chi connectivity index (χ4v) is 2.91. The van der Waals surface area contributed by atoms with Crippen molar-refractivity contribution in [2.75, 3.05) is 36.9 Å². The Balaban J connectivity index is 1.50. The first-order valence-corrected chi connectivity index (χ1v) is 8.08. The number of hydrogen-bond donors (Lipinski definition) is 1. The van der Waals surface area contributed by atoms with Crippen molar-refractivity contribution in [2.45, 2.75) is 38.1 Å². The van der Waals surface area contributed by atoms with Crippen molar-refractivity contribution in [2.24, 2.45) is 0 Å². The van der Waals surface area contributed by atoms with Crippen LogP contribution in [-0.4, -0.2) is 43.5 Å². The van der Waals surface area contributed by atoms with Crippen molar-refractivity contribution in [3.05, 3.63) is 24.3 Å². The molecule has 0 spiro atoms. The number of carbonyl (C=O) groups is 1. The second-order valence-electron chi connectivity index (χ2n) is 6.18. The predicted octanol–water partition coefficient (Wildman–Crippen LogP) is 2.71. The summed E-state index contributed by atoms with van der Waals surface area (Å²) in [5.74, 6) is 0.178. The van der Waals surface area contributed by atoms with Gasteiger partial charge in [0.15, 0.2) is 0 Å². The zero-order chi connectivity index (χ0) is 14.7. The summed E-state index contributed by atoms with van der Waals surface area (Å²) in [7, 11) is 1.90. The van der Waals surface area contributed by atoms with Crippen molar-refractivity contribution in [3.8, 4) is 0 Å². The standard InChI is InChI=1S/C17H25N3O/c1-19(15-9-10-15)17(21)13-18-14-5-7-16(8-6-14)20-11-3-2-4-12-20/h5-8,15,18H,2-4,9-13H2,1H3. The molecule has 0 bridgehead atoms. The lowest BCUT2D eigenvalue weighted by Gasteiger charge is -2.28. The number of nitrogens with one attached hydrogen (secondary N) is 1. The average molecular weight is 287 g/mol. The second kappa shape index (κ2) is 6.37. The molecule has 1 aliphatic carbocycles. The number of anilines is 2. The zero-order valence-electron chi connectivity index (χ0n) is 12.8. The Morgan fingerprint density at radius 3 is 2.48 bits per heavy atom. The summed E-state index contributed by atoms with van der Waals surface area (Å²) in [6, 6.07) is 8.95. The van der Waals surface area contributed by atoms with Gasteiger partial charge in [0.1, 0.15) is 0 Å². The van der Waals surface area contributed by atoms with Crippen LogP contribution in [0.1, 0.15) is 32.1 Å². The molecular weight excluding hydrogens is 262 g/mol. The van der Waals surface area contributed by atoms with Gasteiger partial charge in [-0.1, -0.05) is 0 Å². The summed E-state index contributed by atoms with van der Waals surface area (Å²) in [6.45, 7) is 2.71. The molecule has 114 valence electrons. The summed E-state index contributed by atoms with van der Waals surface area (Å²) < 4.78 is 0. The minimum Gasteiger partial charge on any atom is -0.376 e. The molecular formula is C17H25N3O. The smallest absolute Gasteiger partial charge is 0.241 e. The van der Waals surface area contributed by atoms with E-state index in [0.29, 0.717) is 12.6 Å². The molecule has 1 amide bonds. The number of benzene rings is 1. The van der Waals surface area contributed by atoms with Gasteiger partial charge >= 0.3 is 0 Å². The maximum Gasteiger partial charge on any atom is 0.241 e. The second-order valence-corrected chi connectivity index (χ2v) is 6.18. The van der Waals surface area contributed by atoms with E-state index in [1.165, 1.54) is 24.9 Å². The van der Waals surface area contributed by atoms with E-state index in [9.17, 15) is 4.79 Å². The van der Waals surface area contributed by atoms with E-state index in [0.717, 1.165) is 31.6 Å². The van der Waals surface area contributed by atoms with Gasteiger partial charge < -0.3 is 15.1 Å². The average Bonchev–Trinajstić information content (AvgIpc) is 3.38. The molecule has 1 N–H and O–H groups in total. The van der Waals surface area contributed by atoms with Crippen LogP contribution in [0.4, 0.5) is 11.4 Å². The molecule has 1 heterocycles. The first kappa shape index (κ1) is 14.2. The van der Waals surface area contributed by atoms with E-state index in [1.807, 2.05) is 11.9 Å². The molecule has 0 unspecified atom stereocenters. The molecule has 4 heteroatoms. The Morgan fingerprint density at radius 1 is 1.19 bits per heavy atom. The minimum atomic E-state index is 0.178. The highest BCUT2D eigenvalue weighted by Crippen LogP contribution is 2.25. The third-order valence-corrected chi connectivity index (χ3v) is 4.52. The maximum absolute atomic E-state index is 12.0. The molecule has 4 nitrogen and oxygen atoms in total. The molecule has 1 aliphatic heterocycles. The minimum absolute atomic E-state index is 0.178. The number of carbonyl (C=O) groups excluding carboxylic acids is 1. The maximum atomic E-state index is 12.0. The van der Waals surface area contributed by atoms with Crippen LogP contribution in [0.2, 0.25) is 0 Å². The fraction of sp³-hybridized carbons (Fsp3) is 0.588. The summed E-state index contributed by atoms with van der Waals surface area (Å²) in [4.78, 5) is 16.3. The highest BCUT2D eigenvalue weighted by molar-refractivity contribution is 5.81. The van der Waals surface area contributed by atoms with Crippen LogP contribution in [-0.2, 0) is 4.79 Å². The predicted molar refractivity (Wildman–Crippen MR) is 86.8 cm³/mol. The normalized spacial score (nSPS) is 18.4. The molecule has 3 rings (SSSR count). The SMILES string of the molecule is CN(C(=O)CNc1ccc(N2CCCCC2)cc1)C1CC1. The molecule has 2 aliphatic rings. The topological polar surface area (TPSA) is 35.6 Å². The Bertz CT molecular complexity index is 475. The van der Waals surface area contributed by atoms with E-state index < -0.39 is 0 Å². The number of amides is 1. The summed E-state index contributed by atoms with van der Waals surface area (Å²) in [5.41, 5.74) is 2.31. The van der Waals surface area contributed by atoms with Crippen molar-refractivity contribution in [1.29, 1.82) is 0 Å². The summed E-state index contributed by atoms with van der Waals surface area (Å²) in [6.07, 6.45) is 6.26. The highest BCUT2D eigenvalue weighted by Gasteiger charge is 2.29. The fourth-order valence-electron chi connectivity index (χ4n) is 2.91. The number of rotatable bonds is 5. The first-order chi connectivity index (χ1) is 10.2. The van der Waals surface area contributed by atoms with Crippen molar-refractivity contribution < 1.29 is 4.79 Å². The lowest BCUT2D eigenvalue weighted by atomic mass is 10.1. The quantitative estimate of drug-likeness (QED) is 0.904. The number of hydrogen-bond acceptors (Lipinski definition) is 3. The Hall–Kier alpha value is -1.71. The molecule has 1 saturated carbocycles. The van der Waals surface area contributed by atoms with E-state index in [2.05, 4.69) is 34.5 Å². The van der Waals surface area contributed by atoms with Crippen LogP contribution >= 0.6 is 0 Å². The number of nitrogens with zero attached hydrogens (tertiary/aromatic N) is 2. The van der Waals surface area contributed by atoms with Crippen LogP contribution in [0, 0.1) is 0 Å². The molecule has 2 fully saturated rings. The van der Waals surface area contributed by atoms with Gasteiger partial charge in [0.25, 0.3) is 0 Å². The number of likely N-dealkylation sites (N-methyl/N-ethyl adjacent to an activating group) is 1. The van der Waals surface area contributed by atoms with Gasteiger partial charge in [-0.2, -0.15) is 0 Å². The highest BCUT2D eigenvalue weighted by atomic mass is 16.2. The van der Waals surface area contributed by atoms with Crippen LogP contribution in [0.3, 0.4) is 0 Å². The zero-order valence-corrected chi connectivity index (χ0v) is 12.8. The van der Waals surface area contributed by atoms with Gasteiger partial charge in [0.2, 0.25) is 5.91 Å². The molecule has 21 heavy (non-hydrogen) atoms. The van der Waals surface area contributed by atoms with Crippen LogP contribution in [0.5, 0.6) is 0 Å². The molecule has 1 aromatic rings. The van der Waals surface area contributed by atoms with Gasteiger partial charge in [0, 0.05) is 37.6 Å². The Labute approximate surface area is 127 Å². The van der Waals surface area contributed by atoms with Crippen LogP contribution < -0.4 is 10.2 Å². The molecule has 1 aromatic carbocycles. The molecule has 1 saturated heterocycles. The van der Waals surface area contributed by atoms with Crippen molar-refractivity contribution >= 4 is 17.3 Å². The van der Waals surface area contributed by atoms with Gasteiger partial charge in [-0.3, -0.25) is 4.79 Å². The lowest BCUT2D eigenvalue weighted by molar-refractivity contribution is -0.128. The van der Waals surface area contributed by atoms with Gasteiger partial charge in [-0.15, -0.1) is 0 Å². The third kappa shape index (κ3) is 3.69. The summed E-state index contributed by atoms with van der Waals surface area (Å²) >= 11 is 0. The largest absolute Gasteiger partial charge is 0.376 e. The summed E-state index contributed by atoms with van der Waals surface area (Å²) in [5, 5.41) is 3.23. The van der Waals surface area contributed by atoms with E-state index in [-0.39, 0.29) is 5.91 Å². The molecule has 0 atom stereocenters. The van der Waals surface area contributed by atoms with Gasteiger partial charge in [0.05, 0.1) is 6.54 Å². The van der Waals surface area contributed by atoms with E-state index in [1.54, 1.807) is 0 Å². The Morgan fingerprint density at radius 2 is 1.86 bits per heavy atom. The Kier molecular flexibility index (Phi) is 4.32. The van der Waals surface area contributed by atoms with Crippen LogP contribution in [0.25, 0.3) is 0 Å². The van der Waals surface area contributed by atoms with Crippen LogP contribution in [0.15, 0.2) is 24.3 Å². The molecule has 0 radical (unpaired) electrons. The molecule has 0 aromatic heterocycles. The monoisotopic (exact) mass is 287 g/mol. The van der Waals surface area contributed by atoms with Gasteiger partial charge in [-0.05, 0) is 56.4 Å². The van der Waals surface area contributed by atoms with E-state index >= 15 is 0 Å². The van der Waals surface area contributed by atoms with E-state index in [4.69, 9.17) is 0 Å². The number of piperidine rings is 1. The third-order valence-electron chi connectivity index (χ3n) is 4.52.